The molecule has 2 rings (SSSR count). The van der Waals surface area contributed by atoms with Crippen molar-refractivity contribution in [2.45, 2.75) is 26.1 Å². The average Bonchev–Trinajstić information content (AvgIpc) is 2.72. The van der Waals surface area contributed by atoms with Gasteiger partial charge in [0.25, 0.3) is 0 Å². The number of hydrogen-bond donors (Lipinski definition) is 2. The molecule has 1 aromatic rings. The number of nitrogens with zero attached hydrogens (tertiary/aromatic N) is 3. The summed E-state index contributed by atoms with van der Waals surface area (Å²) in [4.78, 5) is 10.5. The van der Waals surface area contributed by atoms with Crippen molar-refractivity contribution in [1.82, 2.24) is 9.97 Å². The van der Waals surface area contributed by atoms with Crippen LogP contribution >= 0.6 is 0 Å². The van der Waals surface area contributed by atoms with Crippen LogP contribution in [0.1, 0.15) is 19.2 Å². The van der Waals surface area contributed by atoms with E-state index in [-0.39, 0.29) is 6.10 Å². The molecule has 6 nitrogen and oxygen atoms in total. The highest BCUT2D eigenvalue weighted by atomic mass is 16.5. The van der Waals surface area contributed by atoms with E-state index in [1.807, 2.05) is 11.8 Å². The summed E-state index contributed by atoms with van der Waals surface area (Å²) in [7, 11) is 0. The van der Waals surface area contributed by atoms with Crippen LogP contribution in [0.5, 0.6) is 0 Å². The standard InChI is InChI=1S/C11H18N4O2/c1-2-17-7-10-13-9(12)5-11(14-10)15-4-3-8(16)6-15/h5,8,16H,2-4,6-7H2,1H3,(H2,12,13,14). The third-order valence-electron chi connectivity index (χ3n) is 2.70. The van der Waals surface area contributed by atoms with Crippen molar-refractivity contribution in [3.05, 3.63) is 11.9 Å². The summed E-state index contributed by atoms with van der Waals surface area (Å²) in [6, 6.07) is 1.73. The molecular weight excluding hydrogens is 220 g/mol. The lowest BCUT2D eigenvalue weighted by Gasteiger charge is -2.17. The zero-order valence-corrected chi connectivity index (χ0v) is 9.96. The average molecular weight is 238 g/mol. The van der Waals surface area contributed by atoms with Gasteiger partial charge in [-0.3, -0.25) is 0 Å². The molecule has 0 radical (unpaired) electrons. The quantitative estimate of drug-likeness (QED) is 0.777. The number of rotatable bonds is 4. The molecule has 1 aliphatic heterocycles. The first-order valence-corrected chi connectivity index (χ1v) is 5.83. The Balaban J connectivity index is 2.13. The van der Waals surface area contributed by atoms with Gasteiger partial charge in [0.2, 0.25) is 0 Å². The van der Waals surface area contributed by atoms with Crippen molar-refractivity contribution in [3.63, 3.8) is 0 Å². The van der Waals surface area contributed by atoms with E-state index in [0.717, 1.165) is 18.8 Å². The predicted molar refractivity (Wildman–Crippen MR) is 64.6 cm³/mol. The molecule has 1 saturated heterocycles. The second kappa shape index (κ2) is 5.29. The Labute approximate surface area is 100 Å². The highest BCUT2D eigenvalue weighted by molar-refractivity contribution is 5.47. The van der Waals surface area contributed by atoms with Crippen LogP contribution < -0.4 is 10.6 Å². The van der Waals surface area contributed by atoms with Gasteiger partial charge in [-0.15, -0.1) is 0 Å². The van der Waals surface area contributed by atoms with Gasteiger partial charge in [0.15, 0.2) is 5.82 Å². The number of ether oxygens (including phenoxy) is 1. The molecule has 1 atom stereocenters. The van der Waals surface area contributed by atoms with Crippen LogP contribution in [-0.4, -0.2) is 40.9 Å². The molecule has 0 aliphatic carbocycles. The fraction of sp³-hybridized carbons (Fsp3) is 0.636. The lowest BCUT2D eigenvalue weighted by atomic mass is 10.3. The first-order valence-electron chi connectivity index (χ1n) is 5.83. The highest BCUT2D eigenvalue weighted by Crippen LogP contribution is 2.20. The summed E-state index contributed by atoms with van der Waals surface area (Å²) in [6.07, 6.45) is 0.492. The Bertz CT molecular complexity index is 386. The van der Waals surface area contributed by atoms with Gasteiger partial charge in [-0.2, -0.15) is 0 Å². The SMILES string of the molecule is CCOCc1nc(N)cc(N2CCC(O)C2)n1. The molecule has 94 valence electrons. The summed E-state index contributed by atoms with van der Waals surface area (Å²) >= 11 is 0. The van der Waals surface area contributed by atoms with Crippen molar-refractivity contribution >= 4 is 11.6 Å². The summed E-state index contributed by atoms with van der Waals surface area (Å²) in [6.45, 7) is 4.31. The number of β-amino-alcohol motifs (C(OH)–C–C–N with tert-alkyl or cyclic N) is 1. The smallest absolute Gasteiger partial charge is 0.158 e. The first-order chi connectivity index (χ1) is 8.19. The van der Waals surface area contributed by atoms with Gasteiger partial charge in [-0.25, -0.2) is 9.97 Å². The zero-order chi connectivity index (χ0) is 12.3. The molecule has 0 bridgehead atoms. The van der Waals surface area contributed by atoms with E-state index in [0.29, 0.717) is 31.4 Å². The molecule has 0 saturated carbocycles. The fourth-order valence-electron chi connectivity index (χ4n) is 1.87. The number of anilines is 2. The normalized spacial score (nSPS) is 19.9. The van der Waals surface area contributed by atoms with Gasteiger partial charge in [0, 0.05) is 25.8 Å². The molecule has 0 spiro atoms. The molecule has 3 N–H and O–H groups in total. The van der Waals surface area contributed by atoms with Crippen LogP contribution in [0, 0.1) is 0 Å². The van der Waals surface area contributed by atoms with Gasteiger partial charge >= 0.3 is 0 Å². The van der Waals surface area contributed by atoms with Gasteiger partial charge < -0.3 is 20.5 Å². The number of nitrogens with two attached hydrogens (primary N) is 1. The molecule has 1 fully saturated rings. The monoisotopic (exact) mass is 238 g/mol. The van der Waals surface area contributed by atoms with E-state index in [9.17, 15) is 5.11 Å². The third kappa shape index (κ3) is 3.04. The van der Waals surface area contributed by atoms with Crippen molar-refractivity contribution in [1.29, 1.82) is 0 Å². The number of aliphatic hydroxyl groups excluding tert-OH is 1. The predicted octanol–water partition coefficient (Wildman–Crippen LogP) is 0.166. The first kappa shape index (κ1) is 12.1. The van der Waals surface area contributed by atoms with Gasteiger partial charge in [0.1, 0.15) is 18.2 Å². The minimum absolute atomic E-state index is 0.276. The van der Waals surface area contributed by atoms with Crippen molar-refractivity contribution in [2.75, 3.05) is 30.3 Å². The van der Waals surface area contributed by atoms with Crippen LogP contribution in [0.3, 0.4) is 0 Å². The van der Waals surface area contributed by atoms with Gasteiger partial charge in [0.05, 0.1) is 6.10 Å². The minimum atomic E-state index is -0.276. The number of aliphatic hydroxyl groups is 1. The Morgan fingerprint density at radius 1 is 1.59 bits per heavy atom. The molecule has 1 unspecified atom stereocenters. The van der Waals surface area contributed by atoms with E-state index in [4.69, 9.17) is 10.5 Å². The lowest BCUT2D eigenvalue weighted by Crippen LogP contribution is -2.23. The van der Waals surface area contributed by atoms with E-state index in [1.165, 1.54) is 0 Å². The van der Waals surface area contributed by atoms with E-state index in [2.05, 4.69) is 9.97 Å². The van der Waals surface area contributed by atoms with Gasteiger partial charge in [-0.05, 0) is 13.3 Å². The van der Waals surface area contributed by atoms with Crippen LogP contribution in [0.15, 0.2) is 6.07 Å². The minimum Gasteiger partial charge on any atom is -0.391 e. The summed E-state index contributed by atoms with van der Waals surface area (Å²) < 4.78 is 5.26. The molecule has 1 aliphatic rings. The fourth-order valence-corrected chi connectivity index (χ4v) is 1.87. The Hall–Kier alpha value is -1.40. The molecule has 1 aromatic heterocycles. The molecule has 0 aromatic carbocycles. The zero-order valence-electron chi connectivity index (χ0n) is 9.96. The molecular formula is C11H18N4O2. The van der Waals surface area contributed by atoms with Crippen molar-refractivity contribution < 1.29 is 9.84 Å². The van der Waals surface area contributed by atoms with E-state index in [1.54, 1.807) is 6.07 Å². The summed E-state index contributed by atoms with van der Waals surface area (Å²) in [5.74, 6) is 1.79. The Morgan fingerprint density at radius 2 is 2.41 bits per heavy atom. The summed E-state index contributed by atoms with van der Waals surface area (Å²) in [5, 5.41) is 9.50. The summed E-state index contributed by atoms with van der Waals surface area (Å²) in [5.41, 5.74) is 5.74. The molecule has 17 heavy (non-hydrogen) atoms. The highest BCUT2D eigenvalue weighted by Gasteiger charge is 2.22. The van der Waals surface area contributed by atoms with Gasteiger partial charge in [-0.1, -0.05) is 0 Å². The Kier molecular flexibility index (Phi) is 3.75. The molecule has 0 amide bonds. The third-order valence-corrected chi connectivity index (χ3v) is 2.70. The van der Waals surface area contributed by atoms with E-state index < -0.39 is 0 Å². The van der Waals surface area contributed by atoms with Crippen LogP contribution in [0.25, 0.3) is 0 Å². The van der Waals surface area contributed by atoms with Crippen LogP contribution in [-0.2, 0) is 11.3 Å². The second-order valence-electron chi connectivity index (χ2n) is 4.09. The van der Waals surface area contributed by atoms with Crippen LogP contribution in [0.4, 0.5) is 11.6 Å². The topological polar surface area (TPSA) is 84.5 Å². The lowest BCUT2D eigenvalue weighted by molar-refractivity contribution is 0.128. The maximum absolute atomic E-state index is 9.50. The molecule has 6 heteroatoms. The van der Waals surface area contributed by atoms with E-state index >= 15 is 0 Å². The Morgan fingerprint density at radius 3 is 3.06 bits per heavy atom. The number of hydrogen-bond acceptors (Lipinski definition) is 6. The maximum Gasteiger partial charge on any atom is 0.158 e. The van der Waals surface area contributed by atoms with Crippen LogP contribution in [0.2, 0.25) is 0 Å². The van der Waals surface area contributed by atoms with Crippen molar-refractivity contribution in [3.8, 4) is 0 Å². The number of nitrogen functional groups attached to an aromatic ring is 1. The second-order valence-corrected chi connectivity index (χ2v) is 4.09. The molecule has 2 heterocycles. The maximum atomic E-state index is 9.50. The largest absolute Gasteiger partial charge is 0.391 e. The van der Waals surface area contributed by atoms with Crippen molar-refractivity contribution in [2.24, 2.45) is 0 Å². The number of aromatic nitrogens is 2.